The van der Waals surface area contributed by atoms with Crippen molar-refractivity contribution >= 4 is 57.3 Å². The highest BCUT2D eigenvalue weighted by Crippen LogP contribution is 2.41. The number of pyridine rings is 1. The number of nitrogens with zero attached hydrogens (tertiary/aromatic N) is 1. The highest BCUT2D eigenvalue weighted by Gasteiger charge is 2.13. The van der Waals surface area contributed by atoms with Crippen LogP contribution in [0.1, 0.15) is 0 Å². The zero-order chi connectivity index (χ0) is 20.1. The van der Waals surface area contributed by atoms with Gasteiger partial charge in [-0.15, -0.1) is 11.3 Å². The van der Waals surface area contributed by atoms with Gasteiger partial charge in [0.1, 0.15) is 4.83 Å². The number of halogens is 1. The summed E-state index contributed by atoms with van der Waals surface area (Å²) < 4.78 is 9.10. The van der Waals surface area contributed by atoms with Crippen LogP contribution in [0.2, 0.25) is 5.02 Å². The minimum absolute atomic E-state index is 0.250. The van der Waals surface area contributed by atoms with Crippen LogP contribution in [-0.4, -0.2) is 15.9 Å². The van der Waals surface area contributed by atoms with E-state index in [-0.39, 0.29) is 6.41 Å². The Morgan fingerprint density at radius 1 is 1.00 bits per heavy atom. The molecule has 0 fully saturated rings. The van der Waals surface area contributed by atoms with Gasteiger partial charge in [-0.1, -0.05) is 35.9 Å². The van der Waals surface area contributed by atoms with Crippen molar-refractivity contribution in [2.24, 2.45) is 5.73 Å². The maximum absolute atomic E-state index is 9.10. The number of nitrogen functional groups attached to an aromatic ring is 1. The number of aromatic nitrogens is 1. The Morgan fingerprint density at radius 2 is 1.61 bits per heavy atom. The van der Waals surface area contributed by atoms with Crippen LogP contribution in [0.15, 0.2) is 65.6 Å². The standard InChI is InChI=1S/C19H13ClN2OS2.CH3NO/c20-13-5-1-11(2-6-13)16-10-9-15-17(21)18(24-19(15)22-16)12-3-7-14(25-23)8-4-12;2-1-3/h1-10,23H,21H2;1H,(H2,2,3). The molecule has 5 nitrogen and oxygen atoms in total. The van der Waals surface area contributed by atoms with Gasteiger partial charge >= 0.3 is 0 Å². The van der Waals surface area contributed by atoms with E-state index in [4.69, 9.17) is 31.7 Å². The van der Waals surface area contributed by atoms with Gasteiger partial charge in [-0.3, -0.25) is 4.79 Å². The molecule has 2 heterocycles. The van der Waals surface area contributed by atoms with Crippen molar-refractivity contribution in [3.63, 3.8) is 0 Å². The van der Waals surface area contributed by atoms with Crippen molar-refractivity contribution in [3.05, 3.63) is 65.7 Å². The van der Waals surface area contributed by atoms with Crippen LogP contribution in [0.25, 0.3) is 31.9 Å². The normalized spacial score (nSPS) is 10.4. The molecular weight excluding hydrogens is 414 g/mol. The molecule has 0 aliphatic rings. The van der Waals surface area contributed by atoms with Gasteiger partial charge in [-0.2, -0.15) is 0 Å². The zero-order valence-corrected chi connectivity index (χ0v) is 16.9. The molecule has 0 bridgehead atoms. The SMILES string of the molecule is NC=O.Nc1c(-c2ccc(SO)cc2)sc2nc(-c3ccc(Cl)cc3)ccc12. The average Bonchev–Trinajstić information content (AvgIpc) is 3.05. The maximum atomic E-state index is 9.10. The lowest BCUT2D eigenvalue weighted by molar-refractivity contribution is -0.106. The molecule has 5 N–H and O–H groups in total. The quantitative estimate of drug-likeness (QED) is 0.293. The molecule has 0 atom stereocenters. The topological polar surface area (TPSA) is 102 Å². The molecule has 0 aliphatic heterocycles. The van der Waals surface area contributed by atoms with Gasteiger partial charge in [0.2, 0.25) is 6.41 Å². The Balaban J connectivity index is 0.000000706. The average molecular weight is 430 g/mol. The molecule has 0 aliphatic carbocycles. The van der Waals surface area contributed by atoms with Crippen molar-refractivity contribution in [2.45, 2.75) is 4.90 Å². The van der Waals surface area contributed by atoms with E-state index < -0.39 is 0 Å². The van der Waals surface area contributed by atoms with Crippen LogP contribution >= 0.6 is 35.0 Å². The molecule has 0 saturated carbocycles. The minimum Gasteiger partial charge on any atom is -0.397 e. The minimum atomic E-state index is 0.250. The fraction of sp³-hybridized carbons (Fsp3) is 0. The number of rotatable bonds is 3. The fourth-order valence-corrected chi connectivity index (χ4v) is 4.14. The van der Waals surface area contributed by atoms with Gasteiger partial charge in [0, 0.05) is 32.9 Å². The van der Waals surface area contributed by atoms with E-state index in [0.29, 0.717) is 5.02 Å². The number of benzene rings is 2. The second-order valence-electron chi connectivity index (χ2n) is 5.65. The van der Waals surface area contributed by atoms with E-state index in [0.717, 1.165) is 54.5 Å². The summed E-state index contributed by atoms with van der Waals surface area (Å²) in [5, 5.41) is 1.66. The van der Waals surface area contributed by atoms with Crippen LogP contribution in [0.4, 0.5) is 5.69 Å². The predicted molar refractivity (Wildman–Crippen MR) is 119 cm³/mol. The summed E-state index contributed by atoms with van der Waals surface area (Å²) >= 11 is 8.26. The molecule has 0 saturated heterocycles. The van der Waals surface area contributed by atoms with Crippen molar-refractivity contribution in [1.29, 1.82) is 0 Å². The van der Waals surface area contributed by atoms with E-state index >= 15 is 0 Å². The molecule has 2 aromatic carbocycles. The van der Waals surface area contributed by atoms with Crippen molar-refractivity contribution in [3.8, 4) is 21.7 Å². The Kier molecular flexibility index (Phi) is 6.53. The predicted octanol–water partition coefficient (Wildman–Crippen LogP) is 5.53. The van der Waals surface area contributed by atoms with Gasteiger partial charge in [0.15, 0.2) is 0 Å². The van der Waals surface area contributed by atoms with E-state index in [1.165, 1.54) is 0 Å². The molecule has 2 aromatic heterocycles. The Labute approximate surface area is 175 Å². The first-order valence-electron chi connectivity index (χ1n) is 8.09. The molecule has 0 radical (unpaired) electrons. The first-order chi connectivity index (χ1) is 13.6. The smallest absolute Gasteiger partial charge is 0.204 e. The van der Waals surface area contributed by atoms with Crippen LogP contribution in [-0.2, 0) is 4.79 Å². The lowest BCUT2D eigenvalue weighted by Crippen LogP contribution is -1.87. The van der Waals surface area contributed by atoms with E-state index in [9.17, 15) is 0 Å². The number of nitrogens with two attached hydrogens (primary N) is 2. The van der Waals surface area contributed by atoms with Crippen molar-refractivity contribution in [2.75, 3.05) is 5.73 Å². The van der Waals surface area contributed by atoms with Gasteiger partial charge in [0.05, 0.1) is 16.3 Å². The molecule has 4 rings (SSSR count). The number of amides is 1. The summed E-state index contributed by atoms with van der Waals surface area (Å²) in [7, 11) is 0. The first-order valence-corrected chi connectivity index (χ1v) is 10.1. The van der Waals surface area contributed by atoms with Crippen LogP contribution in [0.3, 0.4) is 0 Å². The molecular formula is C20H16ClN3O2S2. The number of hydrogen-bond donors (Lipinski definition) is 3. The summed E-state index contributed by atoms with van der Waals surface area (Å²) in [6, 6.07) is 19.3. The van der Waals surface area contributed by atoms with Gasteiger partial charge < -0.3 is 16.0 Å². The van der Waals surface area contributed by atoms with Gasteiger partial charge in [-0.05, 0) is 42.0 Å². The van der Waals surface area contributed by atoms with E-state index in [1.54, 1.807) is 11.3 Å². The van der Waals surface area contributed by atoms with E-state index in [1.807, 2.05) is 60.7 Å². The summed E-state index contributed by atoms with van der Waals surface area (Å²) in [6.45, 7) is 0. The number of fused-ring (bicyclic) bond motifs is 1. The molecule has 0 spiro atoms. The second-order valence-corrected chi connectivity index (χ2v) is 7.74. The van der Waals surface area contributed by atoms with Crippen molar-refractivity contribution < 1.29 is 9.35 Å². The Morgan fingerprint density at radius 3 is 2.21 bits per heavy atom. The molecule has 8 heteroatoms. The number of primary amides is 1. The number of thiophene rings is 1. The fourth-order valence-electron chi connectivity index (χ4n) is 2.66. The first kappa shape index (κ1) is 20.2. The Hall–Kier alpha value is -2.58. The number of carbonyl (C=O) groups is 1. The third kappa shape index (κ3) is 4.28. The summed E-state index contributed by atoms with van der Waals surface area (Å²) in [4.78, 5) is 16.0. The molecule has 4 aromatic rings. The third-order valence-electron chi connectivity index (χ3n) is 3.96. The third-order valence-corrected chi connectivity index (χ3v) is 5.85. The van der Waals surface area contributed by atoms with Crippen LogP contribution < -0.4 is 11.5 Å². The highest BCUT2D eigenvalue weighted by molar-refractivity contribution is 7.93. The van der Waals surface area contributed by atoms with Crippen LogP contribution in [0.5, 0.6) is 0 Å². The monoisotopic (exact) mass is 429 g/mol. The molecule has 1 amide bonds. The highest BCUT2D eigenvalue weighted by atomic mass is 35.5. The largest absolute Gasteiger partial charge is 0.397 e. The summed E-state index contributed by atoms with van der Waals surface area (Å²) in [6.07, 6.45) is 0.250. The number of carbonyl (C=O) groups excluding carboxylic acids is 1. The van der Waals surface area contributed by atoms with Crippen LogP contribution in [0, 0.1) is 0 Å². The zero-order valence-electron chi connectivity index (χ0n) is 14.5. The number of hydrogen-bond acceptors (Lipinski definition) is 6. The Bertz CT molecular complexity index is 1100. The molecule has 0 unspecified atom stereocenters. The summed E-state index contributed by atoms with van der Waals surface area (Å²) in [5.74, 6) is 0. The lowest BCUT2D eigenvalue weighted by Gasteiger charge is -2.01. The second kappa shape index (κ2) is 9.07. The summed E-state index contributed by atoms with van der Waals surface area (Å²) in [5.41, 5.74) is 14.2. The number of anilines is 1. The van der Waals surface area contributed by atoms with Gasteiger partial charge in [0.25, 0.3) is 0 Å². The van der Waals surface area contributed by atoms with Gasteiger partial charge in [-0.25, -0.2) is 4.98 Å². The molecule has 142 valence electrons. The van der Waals surface area contributed by atoms with Crippen molar-refractivity contribution in [1.82, 2.24) is 4.98 Å². The maximum Gasteiger partial charge on any atom is 0.204 e. The molecule has 28 heavy (non-hydrogen) atoms. The lowest BCUT2D eigenvalue weighted by atomic mass is 10.1. The van der Waals surface area contributed by atoms with E-state index in [2.05, 4.69) is 5.73 Å².